The number of nitrogens with zero attached hydrogens (tertiary/aromatic N) is 1. The second-order valence-electron chi connectivity index (χ2n) is 5.71. The number of nitriles is 1. The van der Waals surface area contributed by atoms with Gasteiger partial charge in [-0.2, -0.15) is 5.26 Å². The maximum absolute atomic E-state index is 9.36. The predicted octanol–water partition coefficient (Wildman–Crippen LogP) is 4.22. The molecule has 1 aliphatic carbocycles. The molecule has 1 aliphatic rings. The van der Waals surface area contributed by atoms with Crippen LogP contribution in [-0.2, 0) is 12.0 Å². The van der Waals surface area contributed by atoms with E-state index in [0.29, 0.717) is 6.61 Å². The highest BCUT2D eigenvalue weighted by molar-refractivity contribution is 5.38. The van der Waals surface area contributed by atoms with E-state index in [0.717, 1.165) is 41.9 Å². The van der Waals surface area contributed by atoms with Crippen molar-refractivity contribution in [2.45, 2.75) is 31.3 Å². The summed E-state index contributed by atoms with van der Waals surface area (Å²) in [6.45, 7) is 0.521. The van der Waals surface area contributed by atoms with Crippen molar-refractivity contribution in [2.24, 2.45) is 0 Å². The van der Waals surface area contributed by atoms with Gasteiger partial charge < -0.3 is 9.47 Å². The van der Waals surface area contributed by atoms with Crippen LogP contribution < -0.4 is 9.47 Å². The Labute approximate surface area is 131 Å². The molecule has 0 saturated heterocycles. The van der Waals surface area contributed by atoms with Crippen LogP contribution >= 0.6 is 0 Å². The Balaban J connectivity index is 1.62. The summed E-state index contributed by atoms with van der Waals surface area (Å²) in [5.74, 6) is 1.67. The molecule has 1 fully saturated rings. The van der Waals surface area contributed by atoms with Crippen LogP contribution in [0, 0.1) is 11.3 Å². The van der Waals surface area contributed by atoms with Gasteiger partial charge in [0.1, 0.15) is 18.1 Å². The van der Waals surface area contributed by atoms with Crippen LogP contribution in [-0.4, -0.2) is 7.11 Å². The number of methoxy groups -OCH3 is 1. The molecule has 0 aromatic heterocycles. The smallest absolute Gasteiger partial charge is 0.119 e. The van der Waals surface area contributed by atoms with Crippen molar-refractivity contribution in [3.8, 4) is 17.6 Å². The molecule has 0 heterocycles. The molecule has 22 heavy (non-hydrogen) atoms. The van der Waals surface area contributed by atoms with Gasteiger partial charge in [0.15, 0.2) is 0 Å². The van der Waals surface area contributed by atoms with Crippen molar-refractivity contribution >= 4 is 0 Å². The molecule has 0 bridgehead atoms. The van der Waals surface area contributed by atoms with Crippen LogP contribution in [0.5, 0.6) is 11.5 Å². The Morgan fingerprint density at radius 2 is 1.64 bits per heavy atom. The fourth-order valence-electron chi connectivity index (χ4n) is 2.75. The number of benzene rings is 2. The molecule has 2 aromatic rings. The third-order valence-electron chi connectivity index (χ3n) is 4.39. The molecule has 3 heteroatoms. The van der Waals surface area contributed by atoms with Crippen molar-refractivity contribution in [1.29, 1.82) is 5.26 Å². The van der Waals surface area contributed by atoms with E-state index in [9.17, 15) is 5.26 Å². The molecule has 0 aliphatic heterocycles. The van der Waals surface area contributed by atoms with Gasteiger partial charge in [0.25, 0.3) is 0 Å². The molecule has 0 spiro atoms. The molecule has 0 amide bonds. The molecule has 1 saturated carbocycles. The third kappa shape index (κ3) is 2.78. The van der Waals surface area contributed by atoms with Crippen LogP contribution in [0.3, 0.4) is 0 Å². The molecule has 0 atom stereocenters. The first-order valence-electron chi connectivity index (χ1n) is 7.53. The SMILES string of the molecule is COc1ccc(COc2ccc(C3(C#N)CCC3)cc2)cc1. The van der Waals surface area contributed by atoms with E-state index < -0.39 is 0 Å². The molecule has 3 nitrogen and oxygen atoms in total. The Morgan fingerprint density at radius 1 is 1.00 bits per heavy atom. The first kappa shape index (κ1) is 14.5. The molecular formula is C19H19NO2. The summed E-state index contributed by atoms with van der Waals surface area (Å²) in [7, 11) is 1.66. The first-order valence-corrected chi connectivity index (χ1v) is 7.53. The van der Waals surface area contributed by atoms with Crippen LogP contribution in [0.25, 0.3) is 0 Å². The van der Waals surface area contributed by atoms with Gasteiger partial charge in [-0.15, -0.1) is 0 Å². The molecule has 3 rings (SSSR count). The molecule has 0 unspecified atom stereocenters. The number of rotatable bonds is 5. The van der Waals surface area contributed by atoms with Gasteiger partial charge >= 0.3 is 0 Å². The van der Waals surface area contributed by atoms with Crippen molar-refractivity contribution < 1.29 is 9.47 Å². The van der Waals surface area contributed by atoms with E-state index in [1.54, 1.807) is 7.11 Å². The van der Waals surface area contributed by atoms with Crippen LogP contribution in [0.2, 0.25) is 0 Å². The minimum atomic E-state index is -0.255. The summed E-state index contributed by atoms with van der Waals surface area (Å²) < 4.78 is 10.9. The highest BCUT2D eigenvalue weighted by Gasteiger charge is 2.38. The van der Waals surface area contributed by atoms with Crippen LogP contribution in [0.4, 0.5) is 0 Å². The summed E-state index contributed by atoms with van der Waals surface area (Å²) in [5, 5.41) is 9.36. The molecule has 2 aromatic carbocycles. The zero-order chi connectivity index (χ0) is 15.4. The van der Waals surface area contributed by atoms with Gasteiger partial charge in [0.2, 0.25) is 0 Å². The fourth-order valence-corrected chi connectivity index (χ4v) is 2.75. The Hall–Kier alpha value is -2.47. The molecule has 112 valence electrons. The van der Waals surface area contributed by atoms with Gasteiger partial charge in [0, 0.05) is 0 Å². The highest BCUT2D eigenvalue weighted by Crippen LogP contribution is 2.43. The lowest BCUT2D eigenvalue weighted by Gasteiger charge is -2.35. The lowest BCUT2D eigenvalue weighted by molar-refractivity contribution is 0.303. The van der Waals surface area contributed by atoms with Gasteiger partial charge in [-0.05, 0) is 54.7 Å². The number of hydrogen-bond donors (Lipinski definition) is 0. The van der Waals surface area contributed by atoms with E-state index in [1.807, 2.05) is 48.5 Å². The Morgan fingerprint density at radius 3 is 2.14 bits per heavy atom. The topological polar surface area (TPSA) is 42.2 Å². The molecular weight excluding hydrogens is 274 g/mol. The standard InChI is InChI=1S/C19H19NO2/c1-21-17-7-3-15(4-8-17)13-22-18-9-5-16(6-10-18)19(14-20)11-2-12-19/h3-10H,2,11-13H2,1H3. The van der Waals surface area contributed by atoms with Gasteiger partial charge in [-0.3, -0.25) is 0 Å². The van der Waals surface area contributed by atoms with Crippen molar-refractivity contribution in [2.75, 3.05) is 7.11 Å². The van der Waals surface area contributed by atoms with E-state index in [4.69, 9.17) is 9.47 Å². The summed E-state index contributed by atoms with van der Waals surface area (Å²) >= 11 is 0. The normalized spacial score (nSPS) is 15.5. The largest absolute Gasteiger partial charge is 0.497 e. The summed E-state index contributed by atoms with van der Waals surface area (Å²) in [6, 6.07) is 18.3. The van der Waals surface area contributed by atoms with Crippen molar-refractivity contribution in [1.82, 2.24) is 0 Å². The van der Waals surface area contributed by atoms with Crippen molar-refractivity contribution in [3.05, 3.63) is 59.7 Å². The third-order valence-corrected chi connectivity index (χ3v) is 4.39. The molecule has 0 radical (unpaired) electrons. The minimum Gasteiger partial charge on any atom is -0.497 e. The average Bonchev–Trinajstić information content (AvgIpc) is 2.54. The lowest BCUT2D eigenvalue weighted by Crippen LogP contribution is -2.32. The van der Waals surface area contributed by atoms with Crippen LogP contribution in [0.15, 0.2) is 48.5 Å². The first-order chi connectivity index (χ1) is 10.8. The van der Waals surface area contributed by atoms with E-state index in [-0.39, 0.29) is 5.41 Å². The minimum absolute atomic E-state index is 0.255. The maximum atomic E-state index is 9.36. The quantitative estimate of drug-likeness (QED) is 0.829. The summed E-state index contributed by atoms with van der Waals surface area (Å²) in [6.07, 6.45) is 3.08. The summed E-state index contributed by atoms with van der Waals surface area (Å²) in [4.78, 5) is 0. The van der Waals surface area contributed by atoms with Gasteiger partial charge in [-0.25, -0.2) is 0 Å². The van der Waals surface area contributed by atoms with E-state index in [2.05, 4.69) is 6.07 Å². The van der Waals surface area contributed by atoms with Crippen molar-refractivity contribution in [3.63, 3.8) is 0 Å². The zero-order valence-electron chi connectivity index (χ0n) is 12.7. The van der Waals surface area contributed by atoms with E-state index >= 15 is 0 Å². The lowest BCUT2D eigenvalue weighted by atomic mass is 9.65. The monoisotopic (exact) mass is 293 g/mol. The predicted molar refractivity (Wildman–Crippen MR) is 84.9 cm³/mol. The zero-order valence-corrected chi connectivity index (χ0v) is 12.7. The Bertz CT molecular complexity index is 664. The average molecular weight is 293 g/mol. The number of ether oxygens (including phenoxy) is 2. The van der Waals surface area contributed by atoms with Crippen LogP contribution in [0.1, 0.15) is 30.4 Å². The second-order valence-corrected chi connectivity index (χ2v) is 5.71. The Kier molecular flexibility index (Phi) is 4.02. The van der Waals surface area contributed by atoms with Gasteiger partial charge in [-0.1, -0.05) is 24.3 Å². The number of hydrogen-bond acceptors (Lipinski definition) is 3. The summed E-state index contributed by atoms with van der Waals surface area (Å²) in [5.41, 5.74) is 1.95. The molecule has 0 N–H and O–H groups in total. The van der Waals surface area contributed by atoms with Gasteiger partial charge in [0.05, 0.1) is 18.6 Å². The highest BCUT2D eigenvalue weighted by atomic mass is 16.5. The van der Waals surface area contributed by atoms with E-state index in [1.165, 1.54) is 0 Å². The fraction of sp³-hybridized carbons (Fsp3) is 0.316. The maximum Gasteiger partial charge on any atom is 0.119 e. The second kappa shape index (κ2) is 6.11.